The van der Waals surface area contributed by atoms with Gasteiger partial charge in [0.1, 0.15) is 0 Å². The number of carbonyl (C=O) groups excluding carboxylic acids is 1. The van der Waals surface area contributed by atoms with Crippen molar-refractivity contribution in [2.24, 2.45) is 0 Å². The van der Waals surface area contributed by atoms with Crippen molar-refractivity contribution < 1.29 is 9.21 Å². The van der Waals surface area contributed by atoms with Crippen LogP contribution in [0.3, 0.4) is 0 Å². The lowest BCUT2D eigenvalue weighted by Crippen LogP contribution is -2.44. The number of amides is 1. The summed E-state index contributed by atoms with van der Waals surface area (Å²) < 4.78 is 5.86. The fourth-order valence-corrected chi connectivity index (χ4v) is 4.75. The molecule has 1 saturated heterocycles. The van der Waals surface area contributed by atoms with Crippen molar-refractivity contribution in [3.63, 3.8) is 0 Å². The zero-order valence-electron chi connectivity index (χ0n) is 18.7. The van der Waals surface area contributed by atoms with E-state index in [9.17, 15) is 4.79 Å². The fraction of sp³-hybridized carbons (Fsp3) is 0.385. The number of pyridine rings is 1. The van der Waals surface area contributed by atoms with E-state index in [0.29, 0.717) is 31.0 Å². The molecule has 1 aliphatic heterocycles. The van der Waals surface area contributed by atoms with E-state index in [1.165, 1.54) is 6.42 Å². The van der Waals surface area contributed by atoms with Crippen LogP contribution < -0.4 is 0 Å². The molecule has 7 nitrogen and oxygen atoms in total. The van der Waals surface area contributed by atoms with E-state index in [0.717, 1.165) is 54.4 Å². The summed E-state index contributed by atoms with van der Waals surface area (Å²) in [6.45, 7) is 0.835. The van der Waals surface area contributed by atoms with Crippen molar-refractivity contribution in [3.05, 3.63) is 77.9 Å². The Balaban J connectivity index is 1.16. The van der Waals surface area contributed by atoms with Gasteiger partial charge in [-0.25, -0.2) is 0 Å². The third-order valence-electron chi connectivity index (χ3n) is 6.49. The second-order valence-corrected chi connectivity index (χ2v) is 8.72. The summed E-state index contributed by atoms with van der Waals surface area (Å²) in [6, 6.07) is 14.5. The van der Waals surface area contributed by atoms with E-state index < -0.39 is 0 Å². The molecule has 1 aliphatic rings. The second-order valence-electron chi connectivity index (χ2n) is 8.72. The average molecular weight is 444 g/mol. The molecule has 0 spiro atoms. The number of para-hydroxylation sites is 1. The molecule has 1 aromatic carbocycles. The van der Waals surface area contributed by atoms with Crippen LogP contribution in [0.25, 0.3) is 10.9 Å². The predicted molar refractivity (Wildman–Crippen MR) is 126 cm³/mol. The van der Waals surface area contributed by atoms with E-state index in [4.69, 9.17) is 4.42 Å². The molecule has 5 rings (SSSR count). The van der Waals surface area contributed by atoms with Gasteiger partial charge in [0.15, 0.2) is 0 Å². The van der Waals surface area contributed by atoms with Crippen molar-refractivity contribution in [2.75, 3.05) is 6.54 Å². The smallest absolute Gasteiger partial charge is 0.223 e. The molecule has 0 bridgehead atoms. The molecule has 0 saturated carbocycles. The van der Waals surface area contributed by atoms with E-state index in [1.54, 1.807) is 0 Å². The molecule has 0 radical (unpaired) electrons. The predicted octanol–water partition coefficient (Wildman–Crippen LogP) is 4.48. The van der Waals surface area contributed by atoms with Crippen LogP contribution >= 0.6 is 0 Å². The minimum atomic E-state index is 0.178. The van der Waals surface area contributed by atoms with Crippen molar-refractivity contribution in [3.8, 4) is 0 Å². The maximum Gasteiger partial charge on any atom is 0.223 e. The first kappa shape index (κ1) is 21.4. The van der Waals surface area contributed by atoms with Gasteiger partial charge in [-0.15, -0.1) is 10.2 Å². The van der Waals surface area contributed by atoms with Crippen molar-refractivity contribution in [2.45, 2.75) is 57.4 Å². The van der Waals surface area contributed by atoms with Crippen LogP contribution in [0.15, 0.2) is 59.3 Å². The highest BCUT2D eigenvalue weighted by Gasteiger charge is 2.26. The molecule has 0 aliphatic carbocycles. The summed E-state index contributed by atoms with van der Waals surface area (Å²) in [5.74, 6) is 1.28. The number of aromatic nitrogens is 4. The number of fused-ring (bicyclic) bond motifs is 1. The van der Waals surface area contributed by atoms with Crippen LogP contribution in [-0.4, -0.2) is 43.6 Å². The zero-order chi connectivity index (χ0) is 22.5. The molecule has 33 heavy (non-hydrogen) atoms. The molecule has 1 fully saturated rings. The Bertz CT molecular complexity index is 1200. The third-order valence-corrected chi connectivity index (χ3v) is 6.49. The molecule has 1 atom stereocenters. The maximum atomic E-state index is 13.0. The normalized spacial score (nSPS) is 16.4. The van der Waals surface area contributed by atoms with Gasteiger partial charge < -0.3 is 14.3 Å². The van der Waals surface area contributed by atoms with Gasteiger partial charge >= 0.3 is 0 Å². The lowest BCUT2D eigenvalue weighted by Gasteiger charge is -2.36. The molecule has 0 unspecified atom stereocenters. The number of H-pyrrole nitrogens is 1. The number of piperidine rings is 1. The highest BCUT2D eigenvalue weighted by atomic mass is 16.4. The molecule has 4 heterocycles. The van der Waals surface area contributed by atoms with Crippen LogP contribution in [0.1, 0.15) is 55.1 Å². The van der Waals surface area contributed by atoms with E-state index in [-0.39, 0.29) is 11.9 Å². The summed E-state index contributed by atoms with van der Waals surface area (Å²) in [5, 5.41) is 9.55. The molecular weight excluding hydrogens is 414 g/mol. The van der Waals surface area contributed by atoms with Gasteiger partial charge in [0, 0.05) is 54.4 Å². The number of nitrogens with zero attached hydrogens (tertiary/aromatic N) is 4. The lowest BCUT2D eigenvalue weighted by molar-refractivity contribution is -0.135. The number of carbonyl (C=O) groups is 1. The largest absolute Gasteiger partial charge is 0.425 e. The third kappa shape index (κ3) is 5.13. The molecule has 1 N–H and O–H groups in total. The van der Waals surface area contributed by atoms with E-state index in [1.807, 2.05) is 42.7 Å². The van der Waals surface area contributed by atoms with Gasteiger partial charge in [0.05, 0.1) is 6.42 Å². The van der Waals surface area contributed by atoms with Gasteiger partial charge in [0.25, 0.3) is 0 Å². The van der Waals surface area contributed by atoms with Crippen molar-refractivity contribution in [1.82, 2.24) is 25.1 Å². The van der Waals surface area contributed by atoms with Crippen molar-refractivity contribution in [1.29, 1.82) is 0 Å². The Hall–Kier alpha value is -3.48. The summed E-state index contributed by atoms with van der Waals surface area (Å²) >= 11 is 0. The minimum Gasteiger partial charge on any atom is -0.425 e. The summed E-state index contributed by atoms with van der Waals surface area (Å²) in [6.07, 6.45) is 10.4. The fourth-order valence-electron chi connectivity index (χ4n) is 4.75. The number of benzene rings is 1. The minimum absolute atomic E-state index is 0.178. The maximum absolute atomic E-state index is 13.0. The van der Waals surface area contributed by atoms with Crippen LogP contribution in [-0.2, 0) is 24.1 Å². The first-order chi connectivity index (χ1) is 16.3. The second kappa shape index (κ2) is 9.98. The van der Waals surface area contributed by atoms with Crippen LogP contribution in [0.4, 0.5) is 0 Å². The number of nitrogens with one attached hydrogen (secondary N) is 1. The van der Waals surface area contributed by atoms with Crippen LogP contribution in [0.2, 0.25) is 0 Å². The Morgan fingerprint density at radius 1 is 1.06 bits per heavy atom. The standard InChI is InChI=1S/C26H29N5O2/c32-26(31-16-6-4-8-21(31)12-11-20-7-3-5-15-27-20)14-13-24-29-30-25(33-24)17-19-18-28-23-10-2-1-9-22(19)23/h1-3,5,7,9-10,15,18,21,28H,4,6,8,11-14,16-17H2/t21-/m0/s1. The molecular formula is C26H29N5O2. The summed E-state index contributed by atoms with van der Waals surface area (Å²) in [7, 11) is 0. The molecule has 170 valence electrons. The first-order valence-electron chi connectivity index (χ1n) is 11.8. The number of aromatic amines is 1. The Kier molecular flexibility index (Phi) is 6.46. The average Bonchev–Trinajstić information content (AvgIpc) is 3.49. The molecule has 4 aromatic rings. The van der Waals surface area contributed by atoms with E-state index >= 15 is 0 Å². The molecule has 1 amide bonds. The van der Waals surface area contributed by atoms with Crippen molar-refractivity contribution >= 4 is 16.8 Å². The first-order valence-corrected chi connectivity index (χ1v) is 11.8. The lowest BCUT2D eigenvalue weighted by atomic mass is 9.96. The Labute approximate surface area is 193 Å². The topological polar surface area (TPSA) is 87.9 Å². The molecule has 3 aromatic heterocycles. The van der Waals surface area contributed by atoms with Gasteiger partial charge in [-0.05, 0) is 55.9 Å². The quantitative estimate of drug-likeness (QED) is 0.434. The van der Waals surface area contributed by atoms with Crippen LogP contribution in [0.5, 0.6) is 0 Å². The number of hydrogen-bond donors (Lipinski definition) is 1. The van der Waals surface area contributed by atoms with Gasteiger partial charge in [0.2, 0.25) is 17.7 Å². The monoisotopic (exact) mass is 443 g/mol. The van der Waals surface area contributed by atoms with E-state index in [2.05, 4.69) is 37.2 Å². The summed E-state index contributed by atoms with van der Waals surface area (Å²) in [5.41, 5.74) is 3.31. The zero-order valence-corrected chi connectivity index (χ0v) is 18.7. The number of likely N-dealkylation sites (tertiary alicyclic amines) is 1. The van der Waals surface area contributed by atoms with Crippen LogP contribution in [0, 0.1) is 0 Å². The number of aryl methyl sites for hydroxylation is 2. The SMILES string of the molecule is O=C(CCc1nnc(Cc2c[nH]c3ccccc23)o1)N1CCCC[C@H]1CCc1ccccn1. The van der Waals surface area contributed by atoms with Gasteiger partial charge in [-0.1, -0.05) is 24.3 Å². The summed E-state index contributed by atoms with van der Waals surface area (Å²) in [4.78, 5) is 22.8. The highest BCUT2D eigenvalue weighted by molar-refractivity contribution is 5.83. The van der Waals surface area contributed by atoms with Gasteiger partial charge in [-0.2, -0.15) is 0 Å². The van der Waals surface area contributed by atoms with Gasteiger partial charge in [-0.3, -0.25) is 9.78 Å². The number of hydrogen-bond acceptors (Lipinski definition) is 5. The Morgan fingerprint density at radius 3 is 2.85 bits per heavy atom. The Morgan fingerprint density at radius 2 is 1.94 bits per heavy atom. The highest BCUT2D eigenvalue weighted by Crippen LogP contribution is 2.23. The molecule has 7 heteroatoms. The number of rotatable bonds is 8.